The van der Waals surface area contributed by atoms with Crippen LogP contribution in [0.1, 0.15) is 23.7 Å². The number of ether oxygens (including phenoxy) is 1. The molecule has 2 rings (SSSR count). The van der Waals surface area contributed by atoms with Crippen molar-refractivity contribution >= 4 is 0 Å². The summed E-state index contributed by atoms with van der Waals surface area (Å²) in [5.41, 5.74) is 3.43. The van der Waals surface area contributed by atoms with E-state index in [4.69, 9.17) is 4.74 Å². The molecule has 19 heavy (non-hydrogen) atoms. The molecule has 3 heteroatoms. The van der Waals surface area contributed by atoms with E-state index >= 15 is 0 Å². The van der Waals surface area contributed by atoms with E-state index in [0.717, 1.165) is 24.2 Å². The van der Waals surface area contributed by atoms with E-state index in [2.05, 4.69) is 35.4 Å². The Balaban J connectivity index is 2.08. The van der Waals surface area contributed by atoms with Gasteiger partial charge in [-0.05, 0) is 30.7 Å². The number of nitrogens with one attached hydrogen (secondary N) is 1. The van der Waals surface area contributed by atoms with Crippen LogP contribution >= 0.6 is 0 Å². The van der Waals surface area contributed by atoms with Crippen LogP contribution in [0.3, 0.4) is 0 Å². The SMILES string of the molecule is CCc1cc(CNC)cc(OCc2ccccc2)n1. The number of nitrogens with zero attached hydrogens (tertiary/aromatic N) is 1. The van der Waals surface area contributed by atoms with Crippen LogP contribution in [-0.2, 0) is 19.6 Å². The van der Waals surface area contributed by atoms with E-state index in [1.54, 1.807) is 0 Å². The number of hydrogen-bond acceptors (Lipinski definition) is 3. The minimum atomic E-state index is 0.556. The van der Waals surface area contributed by atoms with E-state index in [1.807, 2.05) is 31.3 Å². The van der Waals surface area contributed by atoms with E-state index < -0.39 is 0 Å². The number of benzene rings is 1. The van der Waals surface area contributed by atoms with Gasteiger partial charge in [0, 0.05) is 18.3 Å². The van der Waals surface area contributed by atoms with Crippen molar-refractivity contribution in [2.45, 2.75) is 26.5 Å². The third kappa shape index (κ3) is 4.07. The van der Waals surface area contributed by atoms with Gasteiger partial charge in [-0.25, -0.2) is 4.98 Å². The molecule has 0 amide bonds. The second kappa shape index (κ2) is 6.90. The predicted molar refractivity (Wildman–Crippen MR) is 77.2 cm³/mol. The first-order valence-electron chi connectivity index (χ1n) is 6.63. The summed E-state index contributed by atoms with van der Waals surface area (Å²) >= 11 is 0. The largest absolute Gasteiger partial charge is 0.473 e. The molecule has 2 aromatic rings. The maximum atomic E-state index is 5.78. The molecule has 0 saturated carbocycles. The summed E-state index contributed by atoms with van der Waals surface area (Å²) in [5, 5.41) is 3.15. The molecule has 0 radical (unpaired) electrons. The number of aryl methyl sites for hydroxylation is 1. The predicted octanol–water partition coefficient (Wildman–Crippen LogP) is 2.94. The van der Waals surface area contributed by atoms with E-state index in [0.29, 0.717) is 12.5 Å². The molecule has 3 nitrogen and oxygen atoms in total. The van der Waals surface area contributed by atoms with Crippen molar-refractivity contribution in [3.63, 3.8) is 0 Å². The Bertz CT molecular complexity index is 511. The minimum Gasteiger partial charge on any atom is -0.473 e. The lowest BCUT2D eigenvalue weighted by Gasteiger charge is -2.09. The van der Waals surface area contributed by atoms with Crippen LogP contribution in [0.5, 0.6) is 5.88 Å². The molecule has 1 heterocycles. The Labute approximate surface area is 114 Å². The quantitative estimate of drug-likeness (QED) is 0.863. The molecule has 0 bridgehead atoms. The number of hydrogen-bond donors (Lipinski definition) is 1. The van der Waals surface area contributed by atoms with Crippen molar-refractivity contribution < 1.29 is 4.74 Å². The summed E-state index contributed by atoms with van der Waals surface area (Å²) < 4.78 is 5.78. The first kappa shape index (κ1) is 13.6. The molecule has 0 aliphatic rings. The van der Waals surface area contributed by atoms with E-state index in [9.17, 15) is 0 Å². The monoisotopic (exact) mass is 256 g/mol. The number of aromatic nitrogens is 1. The Morgan fingerprint density at radius 3 is 2.58 bits per heavy atom. The summed E-state index contributed by atoms with van der Waals surface area (Å²) in [6.07, 6.45) is 0.916. The fraction of sp³-hybridized carbons (Fsp3) is 0.312. The van der Waals surface area contributed by atoms with Gasteiger partial charge in [0.1, 0.15) is 6.61 Å². The molecule has 0 fully saturated rings. The molecular weight excluding hydrogens is 236 g/mol. The molecule has 0 atom stereocenters. The second-order valence-electron chi connectivity index (χ2n) is 4.46. The van der Waals surface area contributed by atoms with Crippen LogP contribution in [0, 0.1) is 0 Å². The van der Waals surface area contributed by atoms with Crippen LogP contribution < -0.4 is 10.1 Å². The standard InChI is InChI=1S/C16H20N2O/c1-3-15-9-14(11-17-2)10-16(18-15)19-12-13-7-5-4-6-8-13/h4-10,17H,3,11-12H2,1-2H3. The fourth-order valence-corrected chi connectivity index (χ4v) is 1.91. The highest BCUT2D eigenvalue weighted by molar-refractivity contribution is 5.25. The summed E-state index contributed by atoms with van der Waals surface area (Å²) in [6.45, 7) is 3.49. The molecule has 1 N–H and O–H groups in total. The fourth-order valence-electron chi connectivity index (χ4n) is 1.91. The van der Waals surface area contributed by atoms with Crippen molar-refractivity contribution in [2.75, 3.05) is 7.05 Å². The zero-order chi connectivity index (χ0) is 13.5. The van der Waals surface area contributed by atoms with Gasteiger partial charge >= 0.3 is 0 Å². The van der Waals surface area contributed by atoms with Crippen molar-refractivity contribution in [1.82, 2.24) is 10.3 Å². The topological polar surface area (TPSA) is 34.1 Å². The third-order valence-electron chi connectivity index (χ3n) is 2.89. The molecule has 100 valence electrons. The number of pyridine rings is 1. The Morgan fingerprint density at radius 2 is 1.89 bits per heavy atom. The lowest BCUT2D eigenvalue weighted by atomic mass is 10.2. The highest BCUT2D eigenvalue weighted by Crippen LogP contribution is 2.15. The van der Waals surface area contributed by atoms with E-state index in [1.165, 1.54) is 5.56 Å². The lowest BCUT2D eigenvalue weighted by molar-refractivity contribution is 0.292. The molecule has 0 aliphatic carbocycles. The van der Waals surface area contributed by atoms with Crippen molar-refractivity contribution in [1.29, 1.82) is 0 Å². The highest BCUT2D eigenvalue weighted by Gasteiger charge is 2.03. The maximum absolute atomic E-state index is 5.78. The first-order chi connectivity index (χ1) is 9.31. The zero-order valence-electron chi connectivity index (χ0n) is 11.5. The molecular formula is C16H20N2O. The van der Waals surface area contributed by atoms with Gasteiger partial charge in [0.2, 0.25) is 5.88 Å². The van der Waals surface area contributed by atoms with Crippen molar-refractivity contribution in [3.05, 3.63) is 59.3 Å². The van der Waals surface area contributed by atoms with Crippen molar-refractivity contribution in [3.8, 4) is 5.88 Å². The summed E-state index contributed by atoms with van der Waals surface area (Å²) in [5.74, 6) is 0.702. The minimum absolute atomic E-state index is 0.556. The highest BCUT2D eigenvalue weighted by atomic mass is 16.5. The van der Waals surface area contributed by atoms with Crippen molar-refractivity contribution in [2.24, 2.45) is 0 Å². The average molecular weight is 256 g/mol. The lowest BCUT2D eigenvalue weighted by Crippen LogP contribution is -2.07. The van der Waals surface area contributed by atoms with Gasteiger partial charge < -0.3 is 10.1 Å². The summed E-state index contributed by atoms with van der Waals surface area (Å²) in [4.78, 5) is 4.50. The first-order valence-corrected chi connectivity index (χ1v) is 6.63. The van der Waals surface area contributed by atoms with Gasteiger partial charge in [-0.15, -0.1) is 0 Å². The van der Waals surface area contributed by atoms with Gasteiger partial charge in [-0.3, -0.25) is 0 Å². The Hall–Kier alpha value is -1.87. The Kier molecular flexibility index (Phi) is 4.93. The van der Waals surface area contributed by atoms with Crippen LogP contribution in [0.2, 0.25) is 0 Å². The molecule has 1 aromatic carbocycles. The second-order valence-corrected chi connectivity index (χ2v) is 4.46. The van der Waals surface area contributed by atoms with Crippen LogP contribution in [-0.4, -0.2) is 12.0 Å². The normalized spacial score (nSPS) is 10.4. The molecule has 0 aliphatic heterocycles. The van der Waals surface area contributed by atoms with Crippen LogP contribution in [0.25, 0.3) is 0 Å². The smallest absolute Gasteiger partial charge is 0.214 e. The average Bonchev–Trinajstić information content (AvgIpc) is 2.46. The number of rotatable bonds is 6. The Morgan fingerprint density at radius 1 is 1.11 bits per heavy atom. The van der Waals surface area contributed by atoms with Crippen LogP contribution in [0.15, 0.2) is 42.5 Å². The van der Waals surface area contributed by atoms with Gasteiger partial charge in [0.25, 0.3) is 0 Å². The van der Waals surface area contributed by atoms with Gasteiger partial charge in [0.15, 0.2) is 0 Å². The molecule has 0 saturated heterocycles. The van der Waals surface area contributed by atoms with E-state index in [-0.39, 0.29) is 0 Å². The van der Waals surface area contributed by atoms with Gasteiger partial charge in [0.05, 0.1) is 0 Å². The summed E-state index contributed by atoms with van der Waals surface area (Å²) in [6, 6.07) is 14.3. The maximum Gasteiger partial charge on any atom is 0.214 e. The third-order valence-corrected chi connectivity index (χ3v) is 2.89. The zero-order valence-corrected chi connectivity index (χ0v) is 11.5. The molecule has 1 aromatic heterocycles. The van der Waals surface area contributed by atoms with Gasteiger partial charge in [-0.1, -0.05) is 37.3 Å². The molecule has 0 spiro atoms. The van der Waals surface area contributed by atoms with Crippen LogP contribution in [0.4, 0.5) is 0 Å². The van der Waals surface area contributed by atoms with Gasteiger partial charge in [-0.2, -0.15) is 0 Å². The summed E-state index contributed by atoms with van der Waals surface area (Å²) in [7, 11) is 1.94. The molecule has 0 unspecified atom stereocenters.